The first-order valence-corrected chi connectivity index (χ1v) is 10.5. The van der Waals surface area contributed by atoms with Crippen molar-refractivity contribution < 1.29 is 19.1 Å². The Bertz CT molecular complexity index is 701. The monoisotopic (exact) mass is 390 g/mol. The van der Waals surface area contributed by atoms with Gasteiger partial charge in [0.1, 0.15) is 6.54 Å². The van der Waals surface area contributed by atoms with Gasteiger partial charge in [0.2, 0.25) is 5.91 Å². The summed E-state index contributed by atoms with van der Waals surface area (Å²) in [5, 5.41) is 2.99. The van der Waals surface area contributed by atoms with E-state index in [1.54, 1.807) is 6.92 Å². The maximum atomic E-state index is 12.3. The van der Waals surface area contributed by atoms with Crippen molar-refractivity contribution >= 4 is 35.2 Å². The second-order valence-electron chi connectivity index (χ2n) is 7.07. The largest absolute Gasteiger partial charge is 0.451 e. The summed E-state index contributed by atoms with van der Waals surface area (Å²) >= 11 is 1.46. The summed E-state index contributed by atoms with van der Waals surface area (Å²) in [6, 6.07) is 7.63. The fraction of sp³-hybridized carbons (Fsp3) is 0.550. The highest BCUT2D eigenvalue weighted by atomic mass is 32.2. The minimum absolute atomic E-state index is 0.133. The minimum Gasteiger partial charge on any atom is -0.451 e. The molecule has 6 nitrogen and oxygen atoms in total. The van der Waals surface area contributed by atoms with Gasteiger partial charge in [-0.15, -0.1) is 11.8 Å². The van der Waals surface area contributed by atoms with Gasteiger partial charge in [0.15, 0.2) is 6.10 Å². The molecule has 0 spiro atoms. The average molecular weight is 391 g/mol. The standard InChI is InChI=1S/C20H26N2O4S/c1-14(20(25)21-15-8-4-2-3-5-9-15)26-19(24)12-22-16-10-6-7-11-17(16)27-13-18(22)23/h6-7,10-11,14-15H,2-5,8-9,12-13H2,1H3,(H,21,25)/t14-/m1/s1. The molecule has 2 aliphatic rings. The first-order chi connectivity index (χ1) is 13.0. The number of hydrogen-bond donors (Lipinski definition) is 1. The van der Waals surface area contributed by atoms with Crippen LogP contribution in [0.2, 0.25) is 0 Å². The van der Waals surface area contributed by atoms with Crippen LogP contribution in [-0.2, 0) is 19.1 Å². The number of benzene rings is 1. The zero-order chi connectivity index (χ0) is 19.2. The number of fused-ring (bicyclic) bond motifs is 1. The molecule has 1 aromatic carbocycles. The Kier molecular flexibility index (Phi) is 6.77. The molecule has 1 aliphatic heterocycles. The lowest BCUT2D eigenvalue weighted by molar-refractivity contribution is -0.154. The van der Waals surface area contributed by atoms with Crippen LogP contribution in [0.5, 0.6) is 0 Å². The fourth-order valence-corrected chi connectivity index (χ4v) is 4.42. The summed E-state index contributed by atoms with van der Waals surface area (Å²) in [6.07, 6.45) is 5.74. The highest BCUT2D eigenvalue weighted by molar-refractivity contribution is 8.00. The number of amides is 2. The number of carbonyl (C=O) groups is 3. The highest BCUT2D eigenvalue weighted by Crippen LogP contribution is 2.34. The minimum atomic E-state index is -0.870. The van der Waals surface area contributed by atoms with Gasteiger partial charge in [0.05, 0.1) is 11.4 Å². The Balaban J connectivity index is 1.54. The van der Waals surface area contributed by atoms with Gasteiger partial charge >= 0.3 is 5.97 Å². The molecule has 146 valence electrons. The van der Waals surface area contributed by atoms with E-state index >= 15 is 0 Å². The Hall–Kier alpha value is -2.02. The van der Waals surface area contributed by atoms with Crippen LogP contribution in [0.3, 0.4) is 0 Å². The maximum Gasteiger partial charge on any atom is 0.326 e. The summed E-state index contributed by atoms with van der Waals surface area (Å²) in [5.74, 6) is -0.682. The molecule has 0 unspecified atom stereocenters. The molecule has 1 atom stereocenters. The molecule has 1 aliphatic carbocycles. The number of ether oxygens (including phenoxy) is 1. The second kappa shape index (κ2) is 9.26. The van der Waals surface area contributed by atoms with Gasteiger partial charge in [-0.25, -0.2) is 0 Å². The first kappa shape index (κ1) is 19.7. The van der Waals surface area contributed by atoms with Crippen LogP contribution >= 0.6 is 11.8 Å². The molecule has 1 saturated carbocycles. The summed E-state index contributed by atoms with van der Waals surface area (Å²) in [5.41, 5.74) is 0.714. The van der Waals surface area contributed by atoms with Gasteiger partial charge in [0, 0.05) is 10.9 Å². The normalized spacial score (nSPS) is 19.0. The van der Waals surface area contributed by atoms with Crippen molar-refractivity contribution in [2.75, 3.05) is 17.2 Å². The van der Waals surface area contributed by atoms with Crippen LogP contribution in [0.4, 0.5) is 5.69 Å². The summed E-state index contributed by atoms with van der Waals surface area (Å²) < 4.78 is 5.30. The van der Waals surface area contributed by atoms with Gasteiger partial charge in [-0.1, -0.05) is 37.8 Å². The van der Waals surface area contributed by atoms with E-state index in [9.17, 15) is 14.4 Å². The van der Waals surface area contributed by atoms with Crippen molar-refractivity contribution in [1.29, 1.82) is 0 Å². The van der Waals surface area contributed by atoms with E-state index in [0.29, 0.717) is 11.4 Å². The zero-order valence-electron chi connectivity index (χ0n) is 15.6. The number of anilines is 1. The molecule has 1 aromatic rings. The first-order valence-electron chi connectivity index (χ1n) is 9.56. The Morgan fingerprint density at radius 3 is 2.67 bits per heavy atom. The van der Waals surface area contributed by atoms with Crippen molar-refractivity contribution in [2.45, 2.75) is 62.5 Å². The average Bonchev–Trinajstić information content (AvgIpc) is 2.92. The third-order valence-electron chi connectivity index (χ3n) is 4.97. The van der Waals surface area contributed by atoms with Crippen LogP contribution in [0.15, 0.2) is 29.2 Å². The molecule has 0 aromatic heterocycles. The third-order valence-corrected chi connectivity index (χ3v) is 6.02. The molecular formula is C20H26N2O4S. The predicted molar refractivity (Wildman–Crippen MR) is 105 cm³/mol. The van der Waals surface area contributed by atoms with Gasteiger partial charge in [-0.2, -0.15) is 0 Å². The lowest BCUT2D eigenvalue weighted by Gasteiger charge is -2.28. The molecule has 0 saturated heterocycles. The smallest absolute Gasteiger partial charge is 0.326 e. The molecule has 1 heterocycles. The summed E-state index contributed by atoms with van der Waals surface area (Å²) in [7, 11) is 0. The number of rotatable bonds is 5. The number of nitrogens with one attached hydrogen (secondary N) is 1. The number of hydrogen-bond acceptors (Lipinski definition) is 5. The van der Waals surface area contributed by atoms with E-state index < -0.39 is 12.1 Å². The van der Waals surface area contributed by atoms with Crippen LogP contribution in [0.1, 0.15) is 45.4 Å². The Morgan fingerprint density at radius 2 is 1.93 bits per heavy atom. The number of carbonyl (C=O) groups excluding carboxylic acids is 3. The maximum absolute atomic E-state index is 12.3. The number of para-hydroxylation sites is 1. The number of esters is 1. The second-order valence-corrected chi connectivity index (χ2v) is 8.08. The molecule has 7 heteroatoms. The van der Waals surface area contributed by atoms with E-state index in [1.807, 2.05) is 24.3 Å². The van der Waals surface area contributed by atoms with E-state index in [1.165, 1.54) is 29.5 Å². The molecule has 2 amide bonds. The highest BCUT2D eigenvalue weighted by Gasteiger charge is 2.28. The van der Waals surface area contributed by atoms with E-state index in [4.69, 9.17) is 4.74 Å². The van der Waals surface area contributed by atoms with Crippen LogP contribution < -0.4 is 10.2 Å². The van der Waals surface area contributed by atoms with Crippen molar-refractivity contribution in [1.82, 2.24) is 5.32 Å². The zero-order valence-corrected chi connectivity index (χ0v) is 16.4. The molecule has 1 fully saturated rings. The van der Waals surface area contributed by atoms with Gasteiger partial charge in [-0.05, 0) is 31.9 Å². The predicted octanol–water partition coefficient (Wildman–Crippen LogP) is 2.90. The number of thioether (sulfide) groups is 1. The van der Waals surface area contributed by atoms with Gasteiger partial charge in [-0.3, -0.25) is 19.3 Å². The van der Waals surface area contributed by atoms with E-state index in [0.717, 1.165) is 30.6 Å². The van der Waals surface area contributed by atoms with Gasteiger partial charge < -0.3 is 10.1 Å². The SMILES string of the molecule is C[C@@H](OC(=O)CN1C(=O)CSc2ccccc21)C(=O)NC1CCCCCC1. The Labute approximate surface area is 164 Å². The number of nitrogens with zero attached hydrogens (tertiary/aromatic N) is 1. The molecule has 1 N–H and O–H groups in total. The third kappa shape index (κ3) is 5.25. The van der Waals surface area contributed by atoms with Crippen LogP contribution in [0, 0.1) is 0 Å². The van der Waals surface area contributed by atoms with Crippen LogP contribution in [-0.4, -0.2) is 42.2 Å². The molecular weight excluding hydrogens is 364 g/mol. The van der Waals surface area contributed by atoms with Gasteiger partial charge in [0.25, 0.3) is 5.91 Å². The fourth-order valence-electron chi connectivity index (χ4n) is 3.49. The molecule has 3 rings (SSSR count). The van der Waals surface area contributed by atoms with E-state index in [2.05, 4.69) is 5.32 Å². The quantitative estimate of drug-likeness (QED) is 0.618. The Morgan fingerprint density at radius 1 is 1.22 bits per heavy atom. The lowest BCUT2D eigenvalue weighted by atomic mass is 10.1. The van der Waals surface area contributed by atoms with Crippen molar-refractivity contribution in [3.05, 3.63) is 24.3 Å². The topological polar surface area (TPSA) is 75.7 Å². The lowest BCUT2D eigenvalue weighted by Crippen LogP contribution is -2.44. The molecule has 0 radical (unpaired) electrons. The summed E-state index contributed by atoms with van der Waals surface area (Å²) in [6.45, 7) is 1.39. The molecule has 0 bridgehead atoms. The van der Waals surface area contributed by atoms with Crippen LogP contribution in [0.25, 0.3) is 0 Å². The van der Waals surface area contributed by atoms with Crippen molar-refractivity contribution in [2.24, 2.45) is 0 Å². The van der Waals surface area contributed by atoms with E-state index in [-0.39, 0.29) is 24.4 Å². The van der Waals surface area contributed by atoms with Crippen molar-refractivity contribution in [3.8, 4) is 0 Å². The van der Waals surface area contributed by atoms with Crippen molar-refractivity contribution in [3.63, 3.8) is 0 Å². The summed E-state index contributed by atoms with van der Waals surface area (Å²) in [4.78, 5) is 39.3. The molecule has 27 heavy (non-hydrogen) atoms.